The van der Waals surface area contributed by atoms with Crippen LogP contribution in [0.15, 0.2) is 0 Å². The Morgan fingerprint density at radius 2 is 2.20 bits per heavy atom. The number of nitrogens with two attached hydrogens (primary N) is 1. The van der Waals surface area contributed by atoms with Gasteiger partial charge in [-0.25, -0.2) is 0 Å². The lowest BCUT2D eigenvalue weighted by atomic mass is 9.87. The number of hydrogen-bond donors (Lipinski definition) is 1. The van der Waals surface area contributed by atoms with Crippen LogP contribution in [-0.4, -0.2) is 30.1 Å². The number of nitrogens with zero attached hydrogens (tertiary/aromatic N) is 1. The van der Waals surface area contributed by atoms with Crippen LogP contribution in [0.1, 0.15) is 26.7 Å². The van der Waals surface area contributed by atoms with E-state index in [4.69, 9.17) is 5.73 Å². The van der Waals surface area contributed by atoms with E-state index in [2.05, 4.69) is 25.8 Å². The molecule has 2 unspecified atom stereocenters. The van der Waals surface area contributed by atoms with Crippen LogP contribution in [0.5, 0.6) is 0 Å². The normalized spacial score (nSPS) is 43.8. The van der Waals surface area contributed by atoms with E-state index < -0.39 is 0 Å². The second-order valence-electron chi connectivity index (χ2n) is 3.94. The molecule has 1 heterocycles. The molecule has 1 saturated heterocycles. The number of rotatable bonds is 0. The maximum absolute atomic E-state index is 6.00. The van der Waals surface area contributed by atoms with Gasteiger partial charge >= 0.3 is 0 Å². The first-order valence-electron chi connectivity index (χ1n) is 4.00. The molecule has 1 rings (SSSR count). The first-order chi connectivity index (χ1) is 4.51. The van der Waals surface area contributed by atoms with Gasteiger partial charge < -0.3 is 10.6 Å². The van der Waals surface area contributed by atoms with Gasteiger partial charge in [-0.05, 0) is 40.3 Å². The van der Waals surface area contributed by atoms with Gasteiger partial charge in [0, 0.05) is 11.6 Å². The molecule has 1 aliphatic rings. The average molecular weight is 142 g/mol. The lowest BCUT2D eigenvalue weighted by Gasteiger charge is -2.39. The fourth-order valence-electron chi connectivity index (χ4n) is 1.58. The highest BCUT2D eigenvalue weighted by atomic mass is 15.1. The SMILES string of the molecule is CC1CC(C)(N)CCN1C. The van der Waals surface area contributed by atoms with Gasteiger partial charge in [-0.3, -0.25) is 0 Å². The van der Waals surface area contributed by atoms with Crippen LogP contribution in [0, 0.1) is 0 Å². The highest BCUT2D eigenvalue weighted by Gasteiger charge is 2.28. The topological polar surface area (TPSA) is 29.3 Å². The second-order valence-corrected chi connectivity index (χ2v) is 3.94. The fourth-order valence-corrected chi connectivity index (χ4v) is 1.58. The third-order valence-corrected chi connectivity index (χ3v) is 2.55. The smallest absolute Gasteiger partial charge is 0.0152 e. The molecule has 60 valence electrons. The molecule has 10 heavy (non-hydrogen) atoms. The maximum atomic E-state index is 6.00. The van der Waals surface area contributed by atoms with Crippen molar-refractivity contribution in [1.82, 2.24) is 4.90 Å². The Kier molecular flexibility index (Phi) is 2.02. The molecule has 0 amide bonds. The van der Waals surface area contributed by atoms with Gasteiger partial charge in [0.25, 0.3) is 0 Å². The van der Waals surface area contributed by atoms with Crippen molar-refractivity contribution >= 4 is 0 Å². The lowest BCUT2D eigenvalue weighted by molar-refractivity contribution is 0.142. The molecule has 2 heteroatoms. The highest BCUT2D eigenvalue weighted by Crippen LogP contribution is 2.22. The molecule has 1 aliphatic heterocycles. The van der Waals surface area contributed by atoms with Gasteiger partial charge in [-0.1, -0.05) is 0 Å². The average Bonchev–Trinajstić information content (AvgIpc) is 1.79. The van der Waals surface area contributed by atoms with Crippen molar-refractivity contribution in [2.75, 3.05) is 13.6 Å². The highest BCUT2D eigenvalue weighted by molar-refractivity contribution is 4.88. The van der Waals surface area contributed by atoms with E-state index >= 15 is 0 Å². The minimum atomic E-state index is 0.0892. The maximum Gasteiger partial charge on any atom is 0.0152 e. The fraction of sp³-hybridized carbons (Fsp3) is 1.00. The quantitative estimate of drug-likeness (QED) is 0.542. The summed E-state index contributed by atoms with van der Waals surface area (Å²) in [6.07, 6.45) is 2.26. The third-order valence-electron chi connectivity index (χ3n) is 2.55. The zero-order chi connectivity index (χ0) is 7.78. The Labute approximate surface area is 63.4 Å². The van der Waals surface area contributed by atoms with Crippen molar-refractivity contribution in [2.24, 2.45) is 5.73 Å². The summed E-state index contributed by atoms with van der Waals surface area (Å²) >= 11 is 0. The lowest BCUT2D eigenvalue weighted by Crippen LogP contribution is -2.50. The molecule has 2 N–H and O–H groups in total. The van der Waals surface area contributed by atoms with E-state index in [1.54, 1.807) is 0 Å². The molecule has 1 fully saturated rings. The largest absolute Gasteiger partial charge is 0.325 e. The van der Waals surface area contributed by atoms with E-state index in [1.807, 2.05) is 0 Å². The Balaban J connectivity index is 2.49. The first-order valence-corrected chi connectivity index (χ1v) is 4.00. The van der Waals surface area contributed by atoms with Crippen LogP contribution in [-0.2, 0) is 0 Å². The molecule has 0 aromatic carbocycles. The predicted molar refractivity (Wildman–Crippen MR) is 43.9 cm³/mol. The molecule has 0 aromatic rings. The Hall–Kier alpha value is -0.0800. The molecule has 0 bridgehead atoms. The van der Waals surface area contributed by atoms with Gasteiger partial charge in [0.05, 0.1) is 0 Å². The van der Waals surface area contributed by atoms with E-state index in [-0.39, 0.29) is 5.54 Å². The van der Waals surface area contributed by atoms with Crippen LogP contribution in [0.25, 0.3) is 0 Å². The van der Waals surface area contributed by atoms with E-state index in [1.165, 1.54) is 0 Å². The van der Waals surface area contributed by atoms with Gasteiger partial charge in [-0.15, -0.1) is 0 Å². The number of piperidine rings is 1. The van der Waals surface area contributed by atoms with Crippen LogP contribution in [0.3, 0.4) is 0 Å². The minimum absolute atomic E-state index is 0.0892. The molecule has 2 nitrogen and oxygen atoms in total. The summed E-state index contributed by atoms with van der Waals surface area (Å²) < 4.78 is 0. The van der Waals surface area contributed by atoms with Crippen LogP contribution < -0.4 is 5.73 Å². The molecule has 0 radical (unpaired) electrons. The third kappa shape index (κ3) is 1.70. The summed E-state index contributed by atoms with van der Waals surface area (Å²) in [5, 5.41) is 0. The minimum Gasteiger partial charge on any atom is -0.325 e. The van der Waals surface area contributed by atoms with Crippen LogP contribution >= 0.6 is 0 Å². The van der Waals surface area contributed by atoms with E-state index in [9.17, 15) is 0 Å². The Morgan fingerprint density at radius 1 is 1.60 bits per heavy atom. The first kappa shape index (κ1) is 8.02. The second kappa shape index (κ2) is 2.51. The van der Waals surface area contributed by atoms with Gasteiger partial charge in [-0.2, -0.15) is 0 Å². The molecule has 0 aliphatic carbocycles. The van der Waals surface area contributed by atoms with Crippen molar-refractivity contribution < 1.29 is 0 Å². The summed E-state index contributed by atoms with van der Waals surface area (Å²) in [4.78, 5) is 2.37. The van der Waals surface area contributed by atoms with Crippen molar-refractivity contribution in [3.05, 3.63) is 0 Å². The predicted octanol–water partition coefficient (Wildman–Crippen LogP) is 0.818. The van der Waals surface area contributed by atoms with E-state index in [0.29, 0.717) is 6.04 Å². The zero-order valence-corrected chi connectivity index (χ0v) is 7.22. The summed E-state index contributed by atoms with van der Waals surface area (Å²) in [7, 11) is 2.17. The van der Waals surface area contributed by atoms with Gasteiger partial charge in [0.2, 0.25) is 0 Å². The van der Waals surface area contributed by atoms with Gasteiger partial charge in [0.15, 0.2) is 0 Å². The molecule has 0 spiro atoms. The van der Waals surface area contributed by atoms with Gasteiger partial charge in [0.1, 0.15) is 0 Å². The molecular weight excluding hydrogens is 124 g/mol. The van der Waals surface area contributed by atoms with Crippen molar-refractivity contribution in [3.8, 4) is 0 Å². The number of hydrogen-bond acceptors (Lipinski definition) is 2. The van der Waals surface area contributed by atoms with Crippen molar-refractivity contribution in [1.29, 1.82) is 0 Å². The molecular formula is C8H18N2. The standard InChI is InChI=1S/C8H18N2/c1-7-6-8(2,9)4-5-10(7)3/h7H,4-6,9H2,1-3H3. The van der Waals surface area contributed by atoms with Crippen molar-refractivity contribution in [3.63, 3.8) is 0 Å². The Bertz CT molecular complexity index is 120. The summed E-state index contributed by atoms with van der Waals surface area (Å²) in [6, 6.07) is 0.656. The summed E-state index contributed by atoms with van der Waals surface area (Å²) in [6.45, 7) is 5.54. The van der Waals surface area contributed by atoms with Crippen LogP contribution in [0.2, 0.25) is 0 Å². The summed E-state index contributed by atoms with van der Waals surface area (Å²) in [5.41, 5.74) is 6.09. The van der Waals surface area contributed by atoms with Crippen LogP contribution in [0.4, 0.5) is 0 Å². The van der Waals surface area contributed by atoms with Crippen molar-refractivity contribution in [2.45, 2.75) is 38.3 Å². The monoisotopic (exact) mass is 142 g/mol. The van der Waals surface area contributed by atoms with E-state index in [0.717, 1.165) is 19.4 Å². The number of likely N-dealkylation sites (tertiary alicyclic amines) is 1. The molecule has 2 atom stereocenters. The summed E-state index contributed by atoms with van der Waals surface area (Å²) in [5.74, 6) is 0. The molecule has 0 aromatic heterocycles. The Morgan fingerprint density at radius 3 is 2.60 bits per heavy atom. The zero-order valence-electron chi connectivity index (χ0n) is 7.22. The molecule has 0 saturated carbocycles.